The first-order valence-corrected chi connectivity index (χ1v) is 10.6. The van der Waals surface area contributed by atoms with Crippen LogP contribution in [-0.4, -0.2) is 33.4 Å². The van der Waals surface area contributed by atoms with Crippen molar-refractivity contribution in [3.05, 3.63) is 50.9 Å². The van der Waals surface area contributed by atoms with Gasteiger partial charge in [0.15, 0.2) is 0 Å². The maximum absolute atomic E-state index is 13.3. The summed E-state index contributed by atoms with van der Waals surface area (Å²) in [6.45, 7) is 7.82. The number of carbonyl (C=O) groups is 1. The molecule has 1 amide bonds. The van der Waals surface area contributed by atoms with E-state index in [0.29, 0.717) is 5.39 Å². The smallest absolute Gasteiger partial charge is 0.263 e. The molecule has 1 aromatic carbocycles. The SMILES string of the molecule is Cc1ccc(-c2c(C)sc3ncn(CC(=O)N4CCCCC4)c(=O)c23)cc1C. The molecule has 0 bridgehead atoms. The largest absolute Gasteiger partial charge is 0.341 e. The number of aromatic nitrogens is 2. The highest BCUT2D eigenvalue weighted by molar-refractivity contribution is 7.19. The summed E-state index contributed by atoms with van der Waals surface area (Å²) in [4.78, 5) is 34.1. The number of hydrogen-bond donors (Lipinski definition) is 0. The van der Waals surface area contributed by atoms with Crippen LogP contribution >= 0.6 is 11.3 Å². The molecule has 5 nitrogen and oxygen atoms in total. The number of likely N-dealkylation sites (tertiary alicyclic amines) is 1. The van der Waals surface area contributed by atoms with Gasteiger partial charge in [0.05, 0.1) is 11.7 Å². The Morgan fingerprint density at radius 2 is 1.86 bits per heavy atom. The Morgan fingerprint density at radius 1 is 1.11 bits per heavy atom. The molecule has 1 aliphatic rings. The van der Waals surface area contributed by atoms with E-state index in [4.69, 9.17) is 0 Å². The van der Waals surface area contributed by atoms with Crippen LogP contribution in [0.4, 0.5) is 0 Å². The molecular formula is C22H25N3O2S. The molecular weight excluding hydrogens is 370 g/mol. The first-order chi connectivity index (χ1) is 13.5. The summed E-state index contributed by atoms with van der Waals surface area (Å²) < 4.78 is 1.47. The molecule has 1 fully saturated rings. The molecule has 4 rings (SSSR count). The van der Waals surface area contributed by atoms with Gasteiger partial charge in [0.2, 0.25) is 5.91 Å². The van der Waals surface area contributed by atoms with Crippen LogP contribution in [0, 0.1) is 20.8 Å². The molecule has 0 unspecified atom stereocenters. The van der Waals surface area contributed by atoms with Crippen LogP contribution in [0.15, 0.2) is 29.3 Å². The van der Waals surface area contributed by atoms with Gasteiger partial charge in [-0.2, -0.15) is 0 Å². The minimum absolute atomic E-state index is 0.00244. The second kappa shape index (κ2) is 7.51. The van der Waals surface area contributed by atoms with Gasteiger partial charge in [-0.25, -0.2) is 4.98 Å². The molecule has 1 saturated heterocycles. The van der Waals surface area contributed by atoms with Gasteiger partial charge in [0, 0.05) is 23.5 Å². The topological polar surface area (TPSA) is 55.2 Å². The normalized spacial score (nSPS) is 14.6. The van der Waals surface area contributed by atoms with Crippen molar-refractivity contribution >= 4 is 27.5 Å². The minimum Gasteiger partial charge on any atom is -0.341 e. The molecule has 0 radical (unpaired) electrons. The fourth-order valence-electron chi connectivity index (χ4n) is 3.88. The zero-order valence-corrected chi connectivity index (χ0v) is 17.4. The number of fused-ring (bicyclic) bond motifs is 1. The van der Waals surface area contributed by atoms with Crippen LogP contribution in [0.1, 0.15) is 35.3 Å². The monoisotopic (exact) mass is 395 g/mol. The van der Waals surface area contributed by atoms with E-state index in [9.17, 15) is 9.59 Å². The van der Waals surface area contributed by atoms with Gasteiger partial charge in [-0.1, -0.05) is 18.2 Å². The van der Waals surface area contributed by atoms with Gasteiger partial charge in [-0.15, -0.1) is 11.3 Å². The highest BCUT2D eigenvalue weighted by Gasteiger charge is 2.20. The first-order valence-electron chi connectivity index (χ1n) is 9.79. The third kappa shape index (κ3) is 3.37. The quantitative estimate of drug-likeness (QED) is 0.672. The molecule has 1 aliphatic heterocycles. The highest BCUT2D eigenvalue weighted by atomic mass is 32.1. The van der Waals surface area contributed by atoms with Gasteiger partial charge in [-0.3, -0.25) is 14.2 Å². The summed E-state index contributed by atoms with van der Waals surface area (Å²) in [5.41, 5.74) is 4.27. The van der Waals surface area contributed by atoms with Crippen molar-refractivity contribution in [2.75, 3.05) is 13.1 Å². The lowest BCUT2D eigenvalue weighted by molar-refractivity contribution is -0.132. The van der Waals surface area contributed by atoms with Crippen LogP contribution in [0.3, 0.4) is 0 Å². The van der Waals surface area contributed by atoms with Gasteiger partial charge < -0.3 is 4.90 Å². The first kappa shape index (κ1) is 18.9. The van der Waals surface area contributed by atoms with Crippen molar-refractivity contribution in [1.82, 2.24) is 14.5 Å². The molecule has 2 aromatic heterocycles. The van der Waals surface area contributed by atoms with E-state index in [1.165, 1.54) is 39.8 Å². The maximum atomic E-state index is 13.3. The molecule has 0 spiro atoms. The summed E-state index contributed by atoms with van der Waals surface area (Å²) in [5.74, 6) is 0.00244. The second-order valence-corrected chi connectivity index (χ2v) is 8.83. The Balaban J connectivity index is 1.77. The number of nitrogens with zero attached hydrogens (tertiary/aromatic N) is 3. The summed E-state index contributed by atoms with van der Waals surface area (Å²) in [6, 6.07) is 6.27. The number of piperidine rings is 1. The fraction of sp³-hybridized carbons (Fsp3) is 0.409. The molecule has 0 aliphatic carbocycles. The van der Waals surface area contributed by atoms with E-state index in [1.54, 1.807) is 0 Å². The standard InChI is InChI=1S/C22H25N3O2S/c1-14-7-8-17(11-15(14)2)19-16(3)28-21-20(19)22(27)25(13-23-21)12-18(26)24-9-5-4-6-10-24/h7-8,11,13H,4-6,9-10,12H2,1-3H3. The highest BCUT2D eigenvalue weighted by Crippen LogP contribution is 2.36. The number of amides is 1. The van der Waals surface area contributed by atoms with E-state index < -0.39 is 0 Å². The molecule has 0 N–H and O–H groups in total. The summed E-state index contributed by atoms with van der Waals surface area (Å²) in [7, 11) is 0. The molecule has 146 valence electrons. The maximum Gasteiger partial charge on any atom is 0.263 e. The van der Waals surface area contributed by atoms with Crippen LogP contribution in [-0.2, 0) is 11.3 Å². The van der Waals surface area contributed by atoms with Crippen LogP contribution in [0.2, 0.25) is 0 Å². The van der Waals surface area contributed by atoms with Crippen molar-refractivity contribution in [2.24, 2.45) is 0 Å². The Hall–Kier alpha value is -2.47. The third-order valence-corrected chi connectivity index (χ3v) is 6.68. The predicted molar refractivity (Wildman–Crippen MR) is 114 cm³/mol. The molecule has 3 aromatic rings. The number of benzene rings is 1. The Kier molecular flexibility index (Phi) is 5.06. The van der Waals surface area contributed by atoms with Crippen molar-refractivity contribution in [3.8, 4) is 11.1 Å². The molecule has 6 heteroatoms. The number of rotatable bonds is 3. The van der Waals surface area contributed by atoms with E-state index in [-0.39, 0.29) is 18.0 Å². The molecule has 28 heavy (non-hydrogen) atoms. The van der Waals surface area contributed by atoms with E-state index in [0.717, 1.165) is 46.8 Å². The van der Waals surface area contributed by atoms with Gasteiger partial charge in [0.25, 0.3) is 5.56 Å². The van der Waals surface area contributed by atoms with Gasteiger partial charge >= 0.3 is 0 Å². The fourth-order valence-corrected chi connectivity index (χ4v) is 4.89. The number of carbonyl (C=O) groups excluding carboxylic acids is 1. The molecule has 0 saturated carbocycles. The lowest BCUT2D eigenvalue weighted by atomic mass is 9.99. The van der Waals surface area contributed by atoms with Crippen molar-refractivity contribution in [3.63, 3.8) is 0 Å². The van der Waals surface area contributed by atoms with E-state index in [1.807, 2.05) is 11.8 Å². The molecule has 0 atom stereocenters. The van der Waals surface area contributed by atoms with E-state index >= 15 is 0 Å². The van der Waals surface area contributed by atoms with Crippen molar-refractivity contribution in [1.29, 1.82) is 0 Å². The average molecular weight is 396 g/mol. The number of aryl methyl sites for hydroxylation is 3. The van der Waals surface area contributed by atoms with Crippen LogP contribution < -0.4 is 5.56 Å². The lowest BCUT2D eigenvalue weighted by Crippen LogP contribution is -2.39. The zero-order chi connectivity index (χ0) is 19.8. The van der Waals surface area contributed by atoms with Gasteiger partial charge in [0.1, 0.15) is 11.4 Å². The third-order valence-electron chi connectivity index (χ3n) is 5.66. The Morgan fingerprint density at radius 3 is 2.57 bits per heavy atom. The molecule has 3 heterocycles. The minimum atomic E-state index is -0.132. The van der Waals surface area contributed by atoms with Gasteiger partial charge in [-0.05, 0) is 56.7 Å². The van der Waals surface area contributed by atoms with Crippen LogP contribution in [0.5, 0.6) is 0 Å². The zero-order valence-electron chi connectivity index (χ0n) is 16.6. The van der Waals surface area contributed by atoms with Crippen LogP contribution in [0.25, 0.3) is 21.3 Å². The Bertz CT molecular complexity index is 1110. The summed E-state index contributed by atoms with van der Waals surface area (Å²) in [6.07, 6.45) is 4.77. The predicted octanol–water partition coefficient (Wildman–Crippen LogP) is 4.06. The lowest BCUT2D eigenvalue weighted by Gasteiger charge is -2.26. The van der Waals surface area contributed by atoms with E-state index in [2.05, 4.69) is 37.0 Å². The average Bonchev–Trinajstić information content (AvgIpc) is 3.03. The summed E-state index contributed by atoms with van der Waals surface area (Å²) in [5, 5.41) is 0.625. The van der Waals surface area contributed by atoms with Crippen molar-refractivity contribution < 1.29 is 4.79 Å². The Labute approximate surface area is 168 Å². The second-order valence-electron chi connectivity index (χ2n) is 7.63. The summed E-state index contributed by atoms with van der Waals surface area (Å²) >= 11 is 1.53. The van der Waals surface area contributed by atoms with Crippen molar-refractivity contribution in [2.45, 2.75) is 46.6 Å². The number of thiophene rings is 1. The number of hydrogen-bond acceptors (Lipinski definition) is 4.